The lowest BCUT2D eigenvalue weighted by Gasteiger charge is -2.25. The molecule has 44 heavy (non-hydrogen) atoms. The molecule has 228 valence electrons. The summed E-state index contributed by atoms with van der Waals surface area (Å²) in [5.74, 6) is 1.13. The van der Waals surface area contributed by atoms with Crippen LogP contribution < -0.4 is 29.1 Å². The van der Waals surface area contributed by atoms with Crippen LogP contribution in [-0.4, -0.2) is 30.4 Å². The van der Waals surface area contributed by atoms with E-state index in [-0.39, 0.29) is 23.8 Å². The highest BCUT2D eigenvalue weighted by atomic mass is 35.5. The summed E-state index contributed by atoms with van der Waals surface area (Å²) in [6.45, 7) is 7.84. The minimum Gasteiger partial charge on any atom is -0.493 e. The minimum atomic E-state index is -0.788. The van der Waals surface area contributed by atoms with Gasteiger partial charge in [-0.2, -0.15) is 0 Å². The van der Waals surface area contributed by atoms with Crippen LogP contribution in [0.1, 0.15) is 50.4 Å². The standard InChI is InChI=1S/C34H33ClN2O6S/c1-6-41-33(39)30-21(4)36-34-37(31(30)24-14-15-27(43-20(2)3)28(17-24)40-5)32(38)29(44-34)18-23-11-7-8-13-26(23)42-19-22-10-9-12-25(35)16-22/h7-18,20,31H,6,19H2,1-5H3/b29-18+/t31-/m0/s1. The molecule has 0 unspecified atom stereocenters. The van der Waals surface area contributed by atoms with E-state index in [0.29, 0.717) is 49.5 Å². The first-order chi connectivity index (χ1) is 21.2. The van der Waals surface area contributed by atoms with Crippen molar-refractivity contribution in [3.05, 3.63) is 119 Å². The van der Waals surface area contributed by atoms with Gasteiger partial charge in [0.15, 0.2) is 16.3 Å². The quantitative estimate of drug-likeness (QED) is 0.205. The zero-order valence-corrected chi connectivity index (χ0v) is 26.7. The number of rotatable bonds is 10. The number of thiazole rings is 1. The topological polar surface area (TPSA) is 88.4 Å². The van der Waals surface area contributed by atoms with Gasteiger partial charge in [0.1, 0.15) is 12.4 Å². The van der Waals surface area contributed by atoms with E-state index < -0.39 is 12.0 Å². The number of para-hydroxylation sites is 1. The predicted molar refractivity (Wildman–Crippen MR) is 171 cm³/mol. The maximum Gasteiger partial charge on any atom is 0.338 e. The molecule has 0 amide bonds. The molecule has 0 aliphatic carbocycles. The molecule has 0 spiro atoms. The molecule has 0 radical (unpaired) electrons. The van der Waals surface area contributed by atoms with Crippen molar-refractivity contribution < 1.29 is 23.7 Å². The van der Waals surface area contributed by atoms with E-state index in [1.54, 1.807) is 43.7 Å². The van der Waals surface area contributed by atoms with Gasteiger partial charge in [0, 0.05) is 10.6 Å². The highest BCUT2D eigenvalue weighted by Crippen LogP contribution is 2.36. The summed E-state index contributed by atoms with van der Waals surface area (Å²) in [4.78, 5) is 32.6. The molecule has 1 aliphatic heterocycles. The number of halogens is 1. The second-order valence-corrected chi connectivity index (χ2v) is 11.8. The fraction of sp³-hybridized carbons (Fsp3) is 0.265. The normalized spacial score (nSPS) is 14.7. The van der Waals surface area contributed by atoms with Crippen molar-refractivity contribution in [1.82, 2.24) is 4.57 Å². The van der Waals surface area contributed by atoms with Crippen LogP contribution in [0.15, 0.2) is 87.8 Å². The van der Waals surface area contributed by atoms with Crippen molar-refractivity contribution in [3.8, 4) is 17.2 Å². The fourth-order valence-corrected chi connectivity index (χ4v) is 6.22. The third-order valence-corrected chi connectivity index (χ3v) is 8.09. The molecule has 0 saturated carbocycles. The third-order valence-electron chi connectivity index (χ3n) is 6.87. The number of allylic oxidation sites excluding steroid dienone is 1. The Kier molecular flexibility index (Phi) is 9.56. The lowest BCUT2D eigenvalue weighted by atomic mass is 9.95. The number of benzene rings is 3. The van der Waals surface area contributed by atoms with Crippen molar-refractivity contribution in [1.29, 1.82) is 0 Å². The average Bonchev–Trinajstić information content (AvgIpc) is 3.30. The molecule has 1 aliphatic rings. The minimum absolute atomic E-state index is 0.0676. The number of hydrogen-bond acceptors (Lipinski definition) is 8. The molecule has 1 atom stereocenters. The molecule has 5 rings (SSSR count). The Morgan fingerprint density at radius 3 is 2.59 bits per heavy atom. The number of nitrogens with zero attached hydrogens (tertiary/aromatic N) is 2. The molecule has 0 bridgehead atoms. The van der Waals surface area contributed by atoms with E-state index in [1.807, 2.05) is 68.4 Å². The van der Waals surface area contributed by atoms with Gasteiger partial charge in [0.25, 0.3) is 5.56 Å². The van der Waals surface area contributed by atoms with Crippen LogP contribution in [0.5, 0.6) is 17.2 Å². The first kappa shape index (κ1) is 31.1. The van der Waals surface area contributed by atoms with Crippen LogP contribution in [0.25, 0.3) is 6.08 Å². The zero-order valence-electron chi connectivity index (χ0n) is 25.1. The number of ether oxygens (including phenoxy) is 4. The third kappa shape index (κ3) is 6.59. The van der Waals surface area contributed by atoms with Crippen molar-refractivity contribution in [2.24, 2.45) is 4.99 Å². The van der Waals surface area contributed by atoms with Crippen molar-refractivity contribution in [2.45, 2.75) is 46.4 Å². The fourth-order valence-electron chi connectivity index (χ4n) is 4.97. The molecule has 1 aromatic heterocycles. The monoisotopic (exact) mass is 632 g/mol. The van der Waals surface area contributed by atoms with E-state index in [9.17, 15) is 9.59 Å². The number of hydrogen-bond donors (Lipinski definition) is 0. The first-order valence-corrected chi connectivity index (χ1v) is 15.4. The summed E-state index contributed by atoms with van der Waals surface area (Å²) < 4.78 is 25.1. The molecule has 8 nitrogen and oxygen atoms in total. The van der Waals surface area contributed by atoms with E-state index in [2.05, 4.69) is 4.99 Å². The van der Waals surface area contributed by atoms with Gasteiger partial charge in [-0.15, -0.1) is 0 Å². The Morgan fingerprint density at radius 1 is 1.07 bits per heavy atom. The van der Waals surface area contributed by atoms with Crippen LogP contribution >= 0.6 is 22.9 Å². The van der Waals surface area contributed by atoms with E-state index >= 15 is 0 Å². The molecule has 0 fully saturated rings. The summed E-state index contributed by atoms with van der Waals surface area (Å²) in [5.41, 5.74) is 2.79. The number of methoxy groups -OCH3 is 1. The number of fused-ring (bicyclic) bond motifs is 1. The lowest BCUT2D eigenvalue weighted by molar-refractivity contribution is -0.139. The maximum absolute atomic E-state index is 14.1. The second-order valence-electron chi connectivity index (χ2n) is 10.3. The molecule has 4 aromatic rings. The predicted octanol–water partition coefficient (Wildman–Crippen LogP) is 5.83. The van der Waals surface area contributed by atoms with Gasteiger partial charge in [0.2, 0.25) is 0 Å². The molecule has 10 heteroatoms. The van der Waals surface area contributed by atoms with Gasteiger partial charge < -0.3 is 18.9 Å². The summed E-state index contributed by atoms with van der Waals surface area (Å²) in [6.07, 6.45) is 1.72. The summed E-state index contributed by atoms with van der Waals surface area (Å²) in [7, 11) is 1.55. The van der Waals surface area contributed by atoms with Crippen LogP contribution in [0.4, 0.5) is 0 Å². The molecule has 2 heterocycles. The van der Waals surface area contributed by atoms with Crippen molar-refractivity contribution >= 4 is 35.0 Å². The number of carbonyl (C=O) groups excluding carboxylic acids is 1. The van der Waals surface area contributed by atoms with Gasteiger partial charge in [-0.05, 0) is 75.2 Å². The molecule has 0 saturated heterocycles. The second kappa shape index (κ2) is 13.5. The van der Waals surface area contributed by atoms with Gasteiger partial charge >= 0.3 is 5.97 Å². The van der Waals surface area contributed by atoms with Crippen molar-refractivity contribution in [2.75, 3.05) is 13.7 Å². The Labute approximate surface area is 264 Å². The Hall–Kier alpha value is -4.34. The smallest absolute Gasteiger partial charge is 0.338 e. The lowest BCUT2D eigenvalue weighted by Crippen LogP contribution is -2.40. The summed E-state index contributed by atoms with van der Waals surface area (Å²) in [6, 6.07) is 19.6. The van der Waals surface area contributed by atoms with Crippen LogP contribution in [0.3, 0.4) is 0 Å². The van der Waals surface area contributed by atoms with Gasteiger partial charge in [-0.25, -0.2) is 9.79 Å². The molecular formula is C34H33ClN2O6S. The van der Waals surface area contributed by atoms with E-state index in [4.69, 9.17) is 30.5 Å². The number of aromatic nitrogens is 1. The molecule has 0 N–H and O–H groups in total. The maximum atomic E-state index is 14.1. The number of esters is 1. The zero-order chi connectivity index (χ0) is 31.4. The van der Waals surface area contributed by atoms with Crippen LogP contribution in [0, 0.1) is 0 Å². The molecule has 3 aromatic carbocycles. The summed E-state index contributed by atoms with van der Waals surface area (Å²) >= 11 is 7.38. The Balaban J connectivity index is 1.61. The van der Waals surface area contributed by atoms with E-state index in [0.717, 1.165) is 11.1 Å². The van der Waals surface area contributed by atoms with Gasteiger partial charge in [-0.3, -0.25) is 9.36 Å². The Bertz CT molecular complexity index is 1910. The Morgan fingerprint density at radius 2 is 1.86 bits per heavy atom. The van der Waals surface area contributed by atoms with Crippen LogP contribution in [0.2, 0.25) is 5.02 Å². The average molecular weight is 633 g/mol. The van der Waals surface area contributed by atoms with Crippen LogP contribution in [-0.2, 0) is 16.1 Å². The first-order valence-electron chi connectivity index (χ1n) is 14.2. The highest BCUT2D eigenvalue weighted by Gasteiger charge is 2.34. The number of carbonyl (C=O) groups is 1. The SMILES string of the molecule is CCOC(=O)C1=C(C)N=c2s/c(=C/c3ccccc3OCc3cccc(Cl)c3)c(=O)n2[C@H]1c1ccc(OC(C)C)c(OC)c1. The van der Waals surface area contributed by atoms with E-state index in [1.165, 1.54) is 11.3 Å². The van der Waals surface area contributed by atoms with Crippen molar-refractivity contribution in [3.63, 3.8) is 0 Å². The van der Waals surface area contributed by atoms with Gasteiger partial charge in [0.05, 0.1) is 41.7 Å². The molecular weight excluding hydrogens is 600 g/mol. The van der Waals surface area contributed by atoms with Gasteiger partial charge in [-0.1, -0.05) is 59.3 Å². The largest absolute Gasteiger partial charge is 0.493 e. The highest BCUT2D eigenvalue weighted by molar-refractivity contribution is 7.07. The summed E-state index contributed by atoms with van der Waals surface area (Å²) in [5, 5.41) is 0.632.